The summed E-state index contributed by atoms with van der Waals surface area (Å²) in [7, 11) is 2.91. The van der Waals surface area contributed by atoms with Crippen LogP contribution >= 0.6 is 0 Å². The third kappa shape index (κ3) is 7.24. The Morgan fingerprint density at radius 1 is 0.742 bits per heavy atom. The summed E-state index contributed by atoms with van der Waals surface area (Å²) in [6.45, 7) is 1.11. The van der Waals surface area contributed by atoms with Crippen molar-refractivity contribution in [1.82, 2.24) is 9.97 Å². The van der Waals surface area contributed by atoms with Gasteiger partial charge in [-0.1, -0.05) is 19.3 Å². The van der Waals surface area contributed by atoms with Crippen LogP contribution in [0.2, 0.25) is 0 Å². The molecule has 0 bridgehead atoms. The number of ether oxygens (including phenoxy) is 2. The third-order valence-electron chi connectivity index (χ3n) is 4.45. The minimum absolute atomic E-state index is 0.0906. The molecule has 0 radical (unpaired) electrons. The van der Waals surface area contributed by atoms with Crippen molar-refractivity contribution < 1.29 is 19.3 Å². The van der Waals surface area contributed by atoms with Crippen LogP contribution in [0, 0.1) is 20.2 Å². The highest BCUT2D eigenvalue weighted by atomic mass is 16.6. The summed E-state index contributed by atoms with van der Waals surface area (Å²) in [4.78, 5) is 29.4. The van der Waals surface area contributed by atoms with Crippen LogP contribution in [0.3, 0.4) is 0 Å². The Morgan fingerprint density at radius 2 is 1.13 bits per heavy atom. The molecule has 2 aromatic heterocycles. The zero-order valence-corrected chi connectivity index (χ0v) is 17.5. The number of nitrogens with one attached hydrogen (secondary N) is 2. The van der Waals surface area contributed by atoms with Gasteiger partial charge in [0.15, 0.2) is 0 Å². The van der Waals surface area contributed by atoms with Crippen LogP contribution in [0.15, 0.2) is 24.3 Å². The predicted octanol–water partition coefficient (Wildman–Crippen LogP) is 3.78. The van der Waals surface area contributed by atoms with E-state index in [0.717, 1.165) is 32.1 Å². The first kappa shape index (κ1) is 23.6. The number of anilines is 2. The molecule has 0 fully saturated rings. The van der Waals surface area contributed by atoms with Crippen LogP contribution in [-0.4, -0.2) is 47.1 Å². The number of pyridine rings is 2. The molecule has 2 N–H and O–H groups in total. The molecule has 0 aliphatic rings. The maximum absolute atomic E-state index is 11.1. The van der Waals surface area contributed by atoms with E-state index in [2.05, 4.69) is 20.6 Å². The van der Waals surface area contributed by atoms with Gasteiger partial charge in [0, 0.05) is 37.4 Å². The SMILES string of the molecule is COc1ccc([N+](=O)[O-])c(NCCCCCCCNc2nc(OC)ccc2[N+](=O)[O-])n1. The number of methoxy groups -OCH3 is 2. The van der Waals surface area contributed by atoms with Gasteiger partial charge in [-0.25, -0.2) is 0 Å². The topological polar surface area (TPSA) is 155 Å². The van der Waals surface area contributed by atoms with Gasteiger partial charge in [0.1, 0.15) is 0 Å². The summed E-state index contributed by atoms with van der Waals surface area (Å²) in [6, 6.07) is 5.63. The van der Waals surface area contributed by atoms with Crippen molar-refractivity contribution in [2.24, 2.45) is 0 Å². The number of unbranched alkanes of at least 4 members (excludes halogenated alkanes) is 4. The summed E-state index contributed by atoms with van der Waals surface area (Å²) < 4.78 is 10.0. The molecule has 168 valence electrons. The maximum atomic E-state index is 11.1. The predicted molar refractivity (Wildman–Crippen MR) is 115 cm³/mol. The fourth-order valence-corrected chi connectivity index (χ4v) is 2.84. The lowest BCUT2D eigenvalue weighted by Gasteiger charge is -2.08. The summed E-state index contributed by atoms with van der Waals surface area (Å²) in [6.07, 6.45) is 4.48. The van der Waals surface area contributed by atoms with Crippen molar-refractivity contribution in [2.45, 2.75) is 32.1 Å². The average Bonchev–Trinajstić information content (AvgIpc) is 2.77. The van der Waals surface area contributed by atoms with Gasteiger partial charge in [0.05, 0.1) is 24.1 Å². The van der Waals surface area contributed by atoms with Crippen LogP contribution in [0.4, 0.5) is 23.0 Å². The van der Waals surface area contributed by atoms with Crippen molar-refractivity contribution in [2.75, 3.05) is 37.9 Å². The molecule has 0 aliphatic carbocycles. The minimum atomic E-state index is -0.483. The highest BCUT2D eigenvalue weighted by Gasteiger charge is 2.17. The first-order chi connectivity index (χ1) is 15.0. The first-order valence-electron chi connectivity index (χ1n) is 9.83. The lowest BCUT2D eigenvalue weighted by molar-refractivity contribution is -0.384. The van der Waals surface area contributed by atoms with Gasteiger partial charge < -0.3 is 20.1 Å². The fraction of sp³-hybridized carbons (Fsp3) is 0.474. The third-order valence-corrected chi connectivity index (χ3v) is 4.45. The van der Waals surface area contributed by atoms with Crippen LogP contribution in [-0.2, 0) is 0 Å². The van der Waals surface area contributed by atoms with Gasteiger partial charge in [-0.3, -0.25) is 20.2 Å². The van der Waals surface area contributed by atoms with Crippen LogP contribution in [0.25, 0.3) is 0 Å². The average molecular weight is 434 g/mol. The van der Waals surface area contributed by atoms with E-state index in [4.69, 9.17) is 9.47 Å². The molecular weight excluding hydrogens is 408 g/mol. The normalized spacial score (nSPS) is 10.4. The number of hydrogen-bond acceptors (Lipinski definition) is 10. The van der Waals surface area contributed by atoms with E-state index in [-0.39, 0.29) is 23.0 Å². The smallest absolute Gasteiger partial charge is 0.311 e. The van der Waals surface area contributed by atoms with Crippen molar-refractivity contribution in [3.05, 3.63) is 44.5 Å². The highest BCUT2D eigenvalue weighted by Crippen LogP contribution is 2.26. The zero-order chi connectivity index (χ0) is 22.6. The van der Waals surface area contributed by atoms with Gasteiger partial charge in [-0.05, 0) is 12.8 Å². The molecule has 12 nitrogen and oxygen atoms in total. The number of nitro groups is 2. The molecule has 0 unspecified atom stereocenters. The largest absolute Gasteiger partial charge is 0.481 e. The van der Waals surface area contributed by atoms with Gasteiger partial charge in [0.25, 0.3) is 0 Å². The fourth-order valence-electron chi connectivity index (χ4n) is 2.84. The number of hydrogen-bond donors (Lipinski definition) is 2. The molecule has 0 amide bonds. The van der Waals surface area contributed by atoms with E-state index < -0.39 is 9.85 Å². The molecule has 0 saturated heterocycles. The summed E-state index contributed by atoms with van der Waals surface area (Å²) in [5.74, 6) is 1.01. The van der Waals surface area contributed by atoms with Crippen molar-refractivity contribution in [1.29, 1.82) is 0 Å². The second-order valence-corrected chi connectivity index (χ2v) is 6.58. The minimum Gasteiger partial charge on any atom is -0.481 e. The zero-order valence-electron chi connectivity index (χ0n) is 17.5. The molecule has 0 aromatic carbocycles. The van der Waals surface area contributed by atoms with Crippen molar-refractivity contribution in [3.8, 4) is 11.8 Å². The lowest BCUT2D eigenvalue weighted by Crippen LogP contribution is -2.08. The Balaban J connectivity index is 1.67. The van der Waals surface area contributed by atoms with Gasteiger partial charge in [-0.15, -0.1) is 0 Å². The van der Waals surface area contributed by atoms with Crippen LogP contribution in [0.1, 0.15) is 32.1 Å². The molecular formula is C19H26N6O6. The number of aromatic nitrogens is 2. The Bertz CT molecular complexity index is 823. The lowest BCUT2D eigenvalue weighted by atomic mass is 10.1. The monoisotopic (exact) mass is 434 g/mol. The van der Waals surface area contributed by atoms with Gasteiger partial charge in [0.2, 0.25) is 23.4 Å². The Hall–Kier alpha value is -3.70. The van der Waals surface area contributed by atoms with Gasteiger partial charge >= 0.3 is 11.4 Å². The summed E-state index contributed by atoms with van der Waals surface area (Å²) in [5, 5.41) is 28.2. The molecule has 0 saturated carbocycles. The Morgan fingerprint density at radius 3 is 1.48 bits per heavy atom. The molecule has 0 atom stereocenters. The molecule has 12 heteroatoms. The Labute approximate surface area is 179 Å². The van der Waals surface area contributed by atoms with E-state index in [1.165, 1.54) is 38.5 Å². The highest BCUT2D eigenvalue weighted by molar-refractivity contribution is 5.57. The van der Waals surface area contributed by atoms with Crippen molar-refractivity contribution >= 4 is 23.0 Å². The van der Waals surface area contributed by atoms with Gasteiger partial charge in [-0.2, -0.15) is 9.97 Å². The number of nitrogens with zero attached hydrogens (tertiary/aromatic N) is 4. The number of rotatable bonds is 14. The molecule has 0 spiro atoms. The molecule has 0 aliphatic heterocycles. The second kappa shape index (κ2) is 12.1. The standard InChI is InChI=1S/C19H26N6O6/c1-30-16-10-8-14(24(26)27)18(22-16)20-12-6-4-3-5-7-13-21-19-15(25(28)29)9-11-17(23-19)31-2/h8-11H,3-7,12-13H2,1-2H3,(H,20,22)(H,21,23). The quantitative estimate of drug-likeness (QED) is 0.255. The Kier molecular flexibility index (Phi) is 9.20. The van der Waals surface area contributed by atoms with Crippen molar-refractivity contribution in [3.63, 3.8) is 0 Å². The van der Waals surface area contributed by atoms with Crippen LogP contribution in [0.5, 0.6) is 11.8 Å². The maximum Gasteiger partial charge on any atom is 0.311 e. The molecule has 2 heterocycles. The summed E-state index contributed by atoms with van der Waals surface area (Å²) >= 11 is 0. The van der Waals surface area contributed by atoms with E-state index in [1.54, 1.807) is 0 Å². The summed E-state index contributed by atoms with van der Waals surface area (Å²) in [5.41, 5.74) is -0.181. The van der Waals surface area contributed by atoms with E-state index >= 15 is 0 Å². The van der Waals surface area contributed by atoms with E-state index in [1.807, 2.05) is 0 Å². The molecule has 2 aromatic rings. The van der Waals surface area contributed by atoms with Crippen LogP contribution < -0.4 is 20.1 Å². The molecule has 31 heavy (non-hydrogen) atoms. The second-order valence-electron chi connectivity index (χ2n) is 6.58. The van der Waals surface area contributed by atoms with E-state index in [9.17, 15) is 20.2 Å². The molecule has 2 rings (SSSR count). The van der Waals surface area contributed by atoms with E-state index in [0.29, 0.717) is 24.8 Å². The first-order valence-corrected chi connectivity index (χ1v) is 9.83.